The van der Waals surface area contributed by atoms with E-state index in [1.54, 1.807) is 0 Å². The highest BCUT2D eigenvalue weighted by atomic mass is 35.5. The van der Waals surface area contributed by atoms with Crippen molar-refractivity contribution in [1.29, 1.82) is 0 Å². The molecule has 6 heteroatoms. The highest BCUT2D eigenvalue weighted by Crippen LogP contribution is 2.00. The third kappa shape index (κ3) is 6.01. The molecule has 4 nitrogen and oxygen atoms in total. The van der Waals surface area contributed by atoms with E-state index in [0.29, 0.717) is 13.0 Å². The Bertz CT molecular complexity index is 311. The van der Waals surface area contributed by atoms with Crippen LogP contribution in [-0.4, -0.2) is 36.7 Å². The SMILES string of the molecule is Cl.O=S(=O)(O)CCCN1C=CC=CC1. The van der Waals surface area contributed by atoms with Gasteiger partial charge in [0.15, 0.2) is 0 Å². The van der Waals surface area contributed by atoms with Gasteiger partial charge in [0.1, 0.15) is 0 Å². The van der Waals surface area contributed by atoms with Gasteiger partial charge in [-0.1, -0.05) is 12.2 Å². The van der Waals surface area contributed by atoms with Gasteiger partial charge >= 0.3 is 0 Å². The molecule has 1 rings (SSSR count). The van der Waals surface area contributed by atoms with E-state index in [4.69, 9.17) is 4.55 Å². The van der Waals surface area contributed by atoms with Gasteiger partial charge in [-0.15, -0.1) is 12.4 Å². The number of nitrogens with zero attached hydrogens (tertiary/aromatic N) is 1. The van der Waals surface area contributed by atoms with E-state index >= 15 is 0 Å². The van der Waals surface area contributed by atoms with Crippen molar-refractivity contribution in [3.05, 3.63) is 24.4 Å². The molecule has 0 unspecified atom stereocenters. The molecular formula is C8H14ClNO3S. The third-order valence-electron chi connectivity index (χ3n) is 1.73. The summed E-state index contributed by atoms with van der Waals surface area (Å²) < 4.78 is 29.2. The summed E-state index contributed by atoms with van der Waals surface area (Å²) in [4.78, 5) is 1.99. The summed E-state index contributed by atoms with van der Waals surface area (Å²) in [6, 6.07) is 0. The average molecular weight is 240 g/mol. The lowest BCUT2D eigenvalue weighted by Crippen LogP contribution is -2.22. The van der Waals surface area contributed by atoms with Gasteiger partial charge in [0.2, 0.25) is 0 Å². The van der Waals surface area contributed by atoms with Crippen molar-refractivity contribution in [2.24, 2.45) is 0 Å². The quantitative estimate of drug-likeness (QED) is 0.746. The highest BCUT2D eigenvalue weighted by molar-refractivity contribution is 7.85. The summed E-state index contributed by atoms with van der Waals surface area (Å²) in [6.07, 6.45) is 8.20. The fraction of sp³-hybridized carbons (Fsp3) is 0.500. The van der Waals surface area contributed by atoms with Crippen LogP contribution in [0.2, 0.25) is 0 Å². The minimum absolute atomic E-state index is 0. The Hall–Kier alpha value is -0.520. The fourth-order valence-corrected chi connectivity index (χ4v) is 1.62. The van der Waals surface area contributed by atoms with E-state index in [1.807, 2.05) is 29.3 Å². The molecule has 0 saturated carbocycles. The van der Waals surface area contributed by atoms with E-state index in [9.17, 15) is 8.42 Å². The Kier molecular flexibility index (Phi) is 5.83. The van der Waals surface area contributed by atoms with Crippen molar-refractivity contribution in [2.75, 3.05) is 18.8 Å². The lowest BCUT2D eigenvalue weighted by molar-refractivity contribution is 0.406. The van der Waals surface area contributed by atoms with Gasteiger partial charge < -0.3 is 4.90 Å². The zero-order valence-corrected chi connectivity index (χ0v) is 9.30. The summed E-state index contributed by atoms with van der Waals surface area (Å²) in [7, 11) is -3.79. The monoisotopic (exact) mass is 239 g/mol. The van der Waals surface area contributed by atoms with Crippen LogP contribution in [0.4, 0.5) is 0 Å². The van der Waals surface area contributed by atoms with Crippen molar-refractivity contribution < 1.29 is 13.0 Å². The van der Waals surface area contributed by atoms with Crippen LogP contribution in [0.25, 0.3) is 0 Å². The lowest BCUT2D eigenvalue weighted by Gasteiger charge is -2.19. The number of hydrogen-bond donors (Lipinski definition) is 1. The Morgan fingerprint density at radius 2 is 2.07 bits per heavy atom. The van der Waals surface area contributed by atoms with Gasteiger partial charge in [-0.2, -0.15) is 8.42 Å². The van der Waals surface area contributed by atoms with Gasteiger partial charge in [0, 0.05) is 13.1 Å². The number of halogens is 1. The molecule has 0 saturated heterocycles. The Morgan fingerprint density at radius 3 is 2.57 bits per heavy atom. The molecule has 1 heterocycles. The second-order valence-electron chi connectivity index (χ2n) is 2.90. The minimum Gasteiger partial charge on any atom is -0.374 e. The fourth-order valence-electron chi connectivity index (χ4n) is 1.12. The maximum Gasteiger partial charge on any atom is 0.264 e. The van der Waals surface area contributed by atoms with Crippen LogP contribution >= 0.6 is 12.4 Å². The number of allylic oxidation sites excluding steroid dienone is 2. The largest absolute Gasteiger partial charge is 0.374 e. The first kappa shape index (κ1) is 13.5. The predicted octanol–water partition coefficient (Wildman–Crippen LogP) is 1.07. The molecule has 1 aliphatic heterocycles. The van der Waals surface area contributed by atoms with Crippen molar-refractivity contribution in [2.45, 2.75) is 6.42 Å². The van der Waals surface area contributed by atoms with Crippen molar-refractivity contribution in [3.63, 3.8) is 0 Å². The smallest absolute Gasteiger partial charge is 0.264 e. The maximum atomic E-state index is 10.4. The van der Waals surface area contributed by atoms with Crippen molar-refractivity contribution in [1.82, 2.24) is 4.90 Å². The molecule has 14 heavy (non-hydrogen) atoms. The van der Waals surface area contributed by atoms with Crippen LogP contribution < -0.4 is 0 Å². The van der Waals surface area contributed by atoms with Gasteiger partial charge in [-0.25, -0.2) is 0 Å². The van der Waals surface area contributed by atoms with Crippen LogP contribution in [0.15, 0.2) is 24.4 Å². The summed E-state index contributed by atoms with van der Waals surface area (Å²) >= 11 is 0. The predicted molar refractivity (Wildman–Crippen MR) is 58.1 cm³/mol. The second kappa shape index (κ2) is 6.06. The molecule has 0 aliphatic carbocycles. The van der Waals surface area contributed by atoms with Crippen molar-refractivity contribution >= 4 is 22.5 Å². The standard InChI is InChI=1S/C8H13NO3S.ClH/c10-13(11,12)8-4-7-9-5-2-1-3-6-9;/h1-3,5H,4,6-8H2,(H,10,11,12);1H. The zero-order valence-electron chi connectivity index (χ0n) is 7.67. The zero-order chi connectivity index (χ0) is 9.73. The molecule has 82 valence electrons. The van der Waals surface area contributed by atoms with Gasteiger partial charge in [-0.3, -0.25) is 4.55 Å². The average Bonchev–Trinajstić information content (AvgIpc) is 2.04. The molecule has 0 aromatic rings. The van der Waals surface area contributed by atoms with E-state index < -0.39 is 10.1 Å². The van der Waals surface area contributed by atoms with Crippen LogP contribution in [0, 0.1) is 0 Å². The Balaban J connectivity index is 0.00000169. The molecule has 0 atom stereocenters. The molecular weight excluding hydrogens is 226 g/mol. The first-order valence-corrected chi connectivity index (χ1v) is 5.71. The highest BCUT2D eigenvalue weighted by Gasteiger charge is 2.05. The van der Waals surface area contributed by atoms with Crippen LogP contribution in [0.5, 0.6) is 0 Å². The minimum atomic E-state index is -3.79. The van der Waals surface area contributed by atoms with Gasteiger partial charge in [-0.05, 0) is 18.7 Å². The molecule has 0 fully saturated rings. The third-order valence-corrected chi connectivity index (χ3v) is 2.54. The maximum absolute atomic E-state index is 10.4. The topological polar surface area (TPSA) is 57.6 Å². The number of hydrogen-bond acceptors (Lipinski definition) is 3. The molecule has 0 bridgehead atoms. The summed E-state index contributed by atoms with van der Waals surface area (Å²) in [5.41, 5.74) is 0. The Morgan fingerprint density at radius 1 is 1.36 bits per heavy atom. The summed E-state index contributed by atoms with van der Waals surface area (Å²) in [5, 5.41) is 0. The first-order valence-electron chi connectivity index (χ1n) is 4.10. The molecule has 0 aromatic carbocycles. The molecule has 0 aromatic heterocycles. The molecule has 0 radical (unpaired) electrons. The Labute approximate surface area is 90.5 Å². The molecule has 1 aliphatic rings. The van der Waals surface area contributed by atoms with Gasteiger partial charge in [0.05, 0.1) is 5.75 Å². The molecule has 1 N–H and O–H groups in total. The van der Waals surface area contributed by atoms with Crippen LogP contribution in [-0.2, 0) is 10.1 Å². The number of rotatable bonds is 4. The first-order chi connectivity index (χ1) is 6.08. The normalized spacial score (nSPS) is 15.4. The molecule has 0 amide bonds. The van der Waals surface area contributed by atoms with E-state index in [-0.39, 0.29) is 18.2 Å². The van der Waals surface area contributed by atoms with E-state index in [0.717, 1.165) is 6.54 Å². The lowest BCUT2D eigenvalue weighted by atomic mass is 10.3. The van der Waals surface area contributed by atoms with Crippen LogP contribution in [0.1, 0.15) is 6.42 Å². The second-order valence-corrected chi connectivity index (χ2v) is 4.48. The van der Waals surface area contributed by atoms with E-state index in [2.05, 4.69) is 0 Å². The van der Waals surface area contributed by atoms with Crippen molar-refractivity contribution in [3.8, 4) is 0 Å². The van der Waals surface area contributed by atoms with E-state index in [1.165, 1.54) is 0 Å². The summed E-state index contributed by atoms with van der Waals surface area (Å²) in [5.74, 6) is -0.166. The van der Waals surface area contributed by atoms with Crippen LogP contribution in [0.3, 0.4) is 0 Å². The van der Waals surface area contributed by atoms with Gasteiger partial charge in [0.25, 0.3) is 10.1 Å². The summed E-state index contributed by atoms with van der Waals surface area (Å²) in [6.45, 7) is 1.46. The molecule has 0 spiro atoms.